The van der Waals surface area contributed by atoms with E-state index in [0.29, 0.717) is 5.56 Å². The predicted octanol–water partition coefficient (Wildman–Crippen LogP) is 7.16. The third kappa shape index (κ3) is 3.46. The van der Waals surface area contributed by atoms with Gasteiger partial charge in [0.25, 0.3) is 0 Å². The van der Waals surface area contributed by atoms with Crippen LogP contribution in [0.4, 0.5) is 4.39 Å². The topological polar surface area (TPSA) is 7.76 Å². The molecule has 5 aromatic rings. The molecule has 7 rings (SSSR count). The summed E-state index contributed by atoms with van der Waals surface area (Å²) in [4.78, 5) is 0. The Morgan fingerprint density at radius 2 is 1.54 bits per heavy atom. The van der Waals surface area contributed by atoms with Crippen molar-refractivity contribution in [2.45, 2.75) is 24.8 Å². The summed E-state index contributed by atoms with van der Waals surface area (Å²) >= 11 is 0. The number of allylic oxidation sites excluding steroid dienone is 1. The molecule has 178 valence electrons. The minimum Gasteiger partial charge on any atom is -0.206 e. The summed E-state index contributed by atoms with van der Waals surface area (Å²) < 4.78 is 20.1. The minimum atomic E-state index is -0.192. The molecule has 0 saturated heterocycles. The number of pyridine rings is 2. The average molecular weight is 483 g/mol. The number of aromatic nitrogens is 2. The third-order valence-corrected chi connectivity index (χ3v) is 8.00. The van der Waals surface area contributed by atoms with Gasteiger partial charge in [-0.2, -0.15) is 9.13 Å². The first-order chi connectivity index (χ1) is 18.2. The zero-order valence-corrected chi connectivity index (χ0v) is 20.5. The molecule has 4 heterocycles. The van der Waals surface area contributed by atoms with Crippen LogP contribution in [0.5, 0.6) is 0 Å². The molecule has 0 amide bonds. The standard InChI is InChI=1S/C34H27FN2/c1-23-34-29(27-13-5-6-14-28(27)31-16-7-8-20-37(31)34)18-17-25-12-9-15-30(35)33(25)32-22-26(19-21-36(23)32)24-10-3-2-4-11-24/h2-16,19-22,29,34H,1,17-18H2/q+2. The molecule has 0 saturated carbocycles. The lowest BCUT2D eigenvalue weighted by atomic mass is 9.78. The lowest BCUT2D eigenvalue weighted by Crippen LogP contribution is -2.53. The Bertz CT molecular complexity index is 1670. The number of hydrogen-bond acceptors (Lipinski definition) is 0. The zero-order valence-electron chi connectivity index (χ0n) is 20.5. The number of aryl methyl sites for hydroxylation is 1. The van der Waals surface area contributed by atoms with E-state index in [2.05, 4.69) is 101 Å². The summed E-state index contributed by atoms with van der Waals surface area (Å²) in [6.45, 7) is 4.68. The Morgan fingerprint density at radius 1 is 0.730 bits per heavy atom. The first kappa shape index (κ1) is 21.9. The number of benzene rings is 3. The van der Waals surface area contributed by atoms with Crippen LogP contribution in [-0.4, -0.2) is 0 Å². The van der Waals surface area contributed by atoms with E-state index in [1.54, 1.807) is 6.07 Å². The van der Waals surface area contributed by atoms with E-state index in [-0.39, 0.29) is 17.8 Å². The molecule has 0 radical (unpaired) electrons. The number of hydrogen-bond donors (Lipinski definition) is 0. The predicted molar refractivity (Wildman–Crippen MR) is 145 cm³/mol. The van der Waals surface area contributed by atoms with Crippen molar-refractivity contribution in [3.05, 3.63) is 139 Å². The fourth-order valence-corrected chi connectivity index (χ4v) is 6.32. The Balaban J connectivity index is 1.50. The molecular weight excluding hydrogens is 455 g/mol. The lowest BCUT2D eigenvalue weighted by Gasteiger charge is -2.29. The second-order valence-electron chi connectivity index (χ2n) is 9.97. The number of rotatable bonds is 1. The van der Waals surface area contributed by atoms with Gasteiger partial charge < -0.3 is 0 Å². The van der Waals surface area contributed by atoms with Crippen molar-refractivity contribution in [3.8, 4) is 33.6 Å². The molecule has 2 unspecified atom stereocenters. The largest absolute Gasteiger partial charge is 0.249 e. The van der Waals surface area contributed by atoms with Gasteiger partial charge in [-0.25, -0.2) is 4.39 Å². The van der Waals surface area contributed by atoms with Crippen molar-refractivity contribution in [2.24, 2.45) is 0 Å². The molecule has 2 aromatic heterocycles. The minimum absolute atomic E-state index is 0.00907. The maximum Gasteiger partial charge on any atom is 0.249 e. The molecule has 0 N–H and O–H groups in total. The highest BCUT2D eigenvalue weighted by Crippen LogP contribution is 2.45. The Morgan fingerprint density at radius 3 is 2.43 bits per heavy atom. The fraction of sp³-hybridized carbons (Fsp3) is 0.118. The van der Waals surface area contributed by atoms with Crippen LogP contribution in [0.2, 0.25) is 0 Å². The fourth-order valence-electron chi connectivity index (χ4n) is 6.32. The van der Waals surface area contributed by atoms with Crippen LogP contribution in [0.3, 0.4) is 0 Å². The van der Waals surface area contributed by atoms with Crippen molar-refractivity contribution in [1.82, 2.24) is 0 Å². The average Bonchev–Trinajstić information content (AvgIpc) is 3.00. The lowest BCUT2D eigenvalue weighted by molar-refractivity contribution is -0.727. The normalized spacial score (nSPS) is 17.7. The highest BCUT2D eigenvalue weighted by atomic mass is 19.1. The van der Waals surface area contributed by atoms with Gasteiger partial charge in [0.05, 0.1) is 11.5 Å². The van der Waals surface area contributed by atoms with Crippen LogP contribution < -0.4 is 9.13 Å². The summed E-state index contributed by atoms with van der Waals surface area (Å²) in [5.41, 5.74) is 9.46. The SMILES string of the molecule is C=C1C2C(CCc3cccc(F)c3-c3cc(-c4ccccc4)cc[n+]31)c1ccccc1-c1cccc[n+]12. The molecule has 2 aliphatic rings. The van der Waals surface area contributed by atoms with E-state index in [0.717, 1.165) is 40.9 Å². The number of halogens is 1. The molecule has 0 bridgehead atoms. The Kier molecular flexibility index (Phi) is 5.10. The van der Waals surface area contributed by atoms with Crippen LogP contribution in [0.1, 0.15) is 29.5 Å². The van der Waals surface area contributed by atoms with Gasteiger partial charge in [-0.15, -0.1) is 0 Å². The van der Waals surface area contributed by atoms with Crippen molar-refractivity contribution in [2.75, 3.05) is 0 Å². The second kappa shape index (κ2) is 8.63. The molecule has 3 aromatic carbocycles. The van der Waals surface area contributed by atoms with E-state index in [4.69, 9.17) is 0 Å². The summed E-state index contributed by atoms with van der Waals surface area (Å²) in [6.07, 6.45) is 5.92. The van der Waals surface area contributed by atoms with E-state index in [1.165, 1.54) is 16.8 Å². The molecule has 3 heteroatoms. The van der Waals surface area contributed by atoms with Gasteiger partial charge in [-0.3, -0.25) is 0 Å². The molecule has 2 atom stereocenters. The van der Waals surface area contributed by atoms with Gasteiger partial charge >= 0.3 is 0 Å². The smallest absolute Gasteiger partial charge is 0.206 e. The molecule has 0 spiro atoms. The maximum absolute atomic E-state index is 15.7. The summed E-state index contributed by atoms with van der Waals surface area (Å²) in [5.74, 6) is 0.0227. The van der Waals surface area contributed by atoms with Crippen molar-refractivity contribution in [1.29, 1.82) is 0 Å². The molecule has 0 aliphatic carbocycles. The third-order valence-electron chi connectivity index (χ3n) is 8.00. The highest BCUT2D eigenvalue weighted by molar-refractivity contribution is 5.72. The van der Waals surface area contributed by atoms with Crippen LogP contribution in [0.25, 0.3) is 39.3 Å². The monoisotopic (exact) mass is 482 g/mol. The van der Waals surface area contributed by atoms with Crippen LogP contribution in [0.15, 0.2) is 122 Å². The van der Waals surface area contributed by atoms with Crippen LogP contribution >= 0.6 is 0 Å². The number of nitrogens with zero attached hydrogens (tertiary/aromatic N) is 2. The van der Waals surface area contributed by atoms with Crippen LogP contribution in [-0.2, 0) is 6.42 Å². The van der Waals surface area contributed by atoms with E-state index >= 15 is 4.39 Å². The molecule has 0 fully saturated rings. The van der Waals surface area contributed by atoms with E-state index < -0.39 is 0 Å². The summed E-state index contributed by atoms with van der Waals surface area (Å²) in [5, 5.41) is 0. The highest BCUT2D eigenvalue weighted by Gasteiger charge is 2.46. The van der Waals surface area contributed by atoms with Gasteiger partial charge in [0.15, 0.2) is 12.4 Å². The summed E-state index contributed by atoms with van der Waals surface area (Å²) in [7, 11) is 0. The molecule has 2 aliphatic heterocycles. The van der Waals surface area contributed by atoms with E-state index in [1.807, 2.05) is 24.3 Å². The molecule has 2 nitrogen and oxygen atoms in total. The Labute approximate surface area is 216 Å². The first-order valence-electron chi connectivity index (χ1n) is 12.9. The maximum atomic E-state index is 15.7. The van der Waals surface area contributed by atoms with Gasteiger partial charge in [-0.1, -0.05) is 60.7 Å². The zero-order chi connectivity index (χ0) is 24.9. The van der Waals surface area contributed by atoms with Crippen molar-refractivity contribution >= 4 is 5.70 Å². The molecular formula is C34H27FN2+2. The van der Waals surface area contributed by atoms with Crippen molar-refractivity contribution in [3.63, 3.8) is 0 Å². The van der Waals surface area contributed by atoms with Crippen LogP contribution in [0, 0.1) is 5.82 Å². The van der Waals surface area contributed by atoms with Gasteiger partial charge in [-0.05, 0) is 59.9 Å². The Hall–Kier alpha value is -4.37. The van der Waals surface area contributed by atoms with Gasteiger partial charge in [0.2, 0.25) is 23.1 Å². The summed E-state index contributed by atoms with van der Waals surface area (Å²) in [6, 6.07) is 35.1. The van der Waals surface area contributed by atoms with E-state index in [9.17, 15) is 0 Å². The van der Waals surface area contributed by atoms with Gasteiger partial charge in [0.1, 0.15) is 5.82 Å². The van der Waals surface area contributed by atoms with Crippen molar-refractivity contribution < 1.29 is 13.5 Å². The quantitative estimate of drug-likeness (QED) is 0.224. The van der Waals surface area contributed by atoms with Gasteiger partial charge in [0, 0.05) is 29.8 Å². The number of fused-ring (bicyclic) bond motifs is 9. The first-order valence-corrected chi connectivity index (χ1v) is 12.9. The molecule has 37 heavy (non-hydrogen) atoms. The second-order valence-corrected chi connectivity index (χ2v) is 9.97.